The van der Waals surface area contributed by atoms with Gasteiger partial charge in [-0.2, -0.15) is 4.98 Å². The molecule has 2 rings (SSSR count). The normalized spacial score (nSPS) is 13.6. The van der Waals surface area contributed by atoms with Crippen molar-refractivity contribution in [1.82, 2.24) is 19.1 Å². The van der Waals surface area contributed by atoms with Crippen LogP contribution in [0.25, 0.3) is 11.2 Å². The third-order valence-electron chi connectivity index (χ3n) is 4.15. The van der Waals surface area contributed by atoms with Gasteiger partial charge in [0.25, 0.3) is 5.56 Å². The molecule has 0 aliphatic rings. The van der Waals surface area contributed by atoms with Crippen molar-refractivity contribution >= 4 is 17.1 Å². The van der Waals surface area contributed by atoms with E-state index in [0.29, 0.717) is 23.0 Å². The third kappa shape index (κ3) is 2.72. The summed E-state index contributed by atoms with van der Waals surface area (Å²) in [6.45, 7) is 9.42. The molecule has 0 aliphatic carbocycles. The second kappa shape index (κ2) is 5.05. The average molecular weight is 293 g/mol. The van der Waals surface area contributed by atoms with Crippen LogP contribution in [0, 0.1) is 11.3 Å². The number of fused-ring (bicyclic) bond motifs is 1. The van der Waals surface area contributed by atoms with Crippen LogP contribution in [0.3, 0.4) is 0 Å². The Hall–Kier alpha value is -2.05. The molecule has 7 nitrogen and oxygen atoms in total. The van der Waals surface area contributed by atoms with Crippen molar-refractivity contribution in [2.45, 2.75) is 27.7 Å². The molecule has 0 bridgehead atoms. The van der Waals surface area contributed by atoms with Crippen LogP contribution in [0.5, 0.6) is 0 Å². The molecule has 0 radical (unpaired) electrons. The summed E-state index contributed by atoms with van der Waals surface area (Å²) in [7, 11) is 3.06. The number of rotatable bonds is 3. The number of nitrogens with one attached hydrogen (secondary N) is 2. The summed E-state index contributed by atoms with van der Waals surface area (Å²) in [5, 5.41) is 3.20. The molecule has 21 heavy (non-hydrogen) atoms. The summed E-state index contributed by atoms with van der Waals surface area (Å²) >= 11 is 0. The van der Waals surface area contributed by atoms with Crippen molar-refractivity contribution in [1.29, 1.82) is 0 Å². The zero-order chi connectivity index (χ0) is 15.9. The summed E-state index contributed by atoms with van der Waals surface area (Å²) in [4.78, 5) is 31.2. The molecule has 0 saturated carbocycles. The fourth-order valence-electron chi connectivity index (χ4n) is 1.97. The van der Waals surface area contributed by atoms with Gasteiger partial charge in [-0.25, -0.2) is 4.79 Å². The Morgan fingerprint density at radius 1 is 1.24 bits per heavy atom. The maximum absolute atomic E-state index is 12.1. The van der Waals surface area contributed by atoms with Crippen LogP contribution in [0.2, 0.25) is 0 Å². The molecule has 0 saturated heterocycles. The number of H-pyrrole nitrogens is 1. The predicted octanol–water partition coefficient (Wildman–Crippen LogP) is 1.05. The Labute approximate surface area is 123 Å². The molecule has 1 atom stereocenters. The van der Waals surface area contributed by atoms with Gasteiger partial charge in [-0.15, -0.1) is 0 Å². The number of hydrogen-bond acceptors (Lipinski definition) is 4. The van der Waals surface area contributed by atoms with Crippen molar-refractivity contribution in [3.63, 3.8) is 0 Å². The Morgan fingerprint density at radius 3 is 2.43 bits per heavy atom. The third-order valence-corrected chi connectivity index (χ3v) is 4.15. The Balaban J connectivity index is 2.37. The largest absolute Gasteiger partial charge is 0.355 e. The summed E-state index contributed by atoms with van der Waals surface area (Å²) in [5.74, 6) is 0.941. The second-order valence-electron chi connectivity index (χ2n) is 6.64. The summed E-state index contributed by atoms with van der Waals surface area (Å²) in [6, 6.07) is 0. The van der Waals surface area contributed by atoms with Crippen LogP contribution >= 0.6 is 0 Å². The lowest BCUT2D eigenvalue weighted by atomic mass is 9.82. The molecule has 2 aromatic rings. The first kappa shape index (κ1) is 15.3. The van der Waals surface area contributed by atoms with Gasteiger partial charge >= 0.3 is 5.69 Å². The number of anilines is 1. The Kier molecular flexibility index (Phi) is 3.69. The van der Waals surface area contributed by atoms with Gasteiger partial charge in [-0.05, 0) is 11.3 Å². The molecule has 0 aromatic carbocycles. The first-order valence-electron chi connectivity index (χ1n) is 7.02. The van der Waals surface area contributed by atoms with E-state index in [1.54, 1.807) is 7.05 Å². The van der Waals surface area contributed by atoms with Crippen molar-refractivity contribution in [2.24, 2.45) is 25.4 Å². The molecular weight excluding hydrogens is 270 g/mol. The molecule has 0 fully saturated rings. The minimum Gasteiger partial charge on any atom is -0.355 e. The van der Waals surface area contributed by atoms with E-state index in [1.165, 1.54) is 11.6 Å². The molecule has 2 heterocycles. The Morgan fingerprint density at radius 2 is 1.86 bits per heavy atom. The quantitative estimate of drug-likeness (QED) is 0.886. The van der Waals surface area contributed by atoms with E-state index in [1.807, 2.05) is 0 Å². The molecule has 0 aliphatic heterocycles. The second-order valence-corrected chi connectivity index (χ2v) is 6.64. The standard InChI is InChI=1S/C14H23N5O2/c1-8(14(2,3)4)7-15-12-16-9-10(17-12)18(5)13(21)19(6)11(9)20/h8H,7H2,1-6H3,(H2,15,16,17). The van der Waals surface area contributed by atoms with Crippen molar-refractivity contribution in [3.05, 3.63) is 20.8 Å². The monoisotopic (exact) mass is 293 g/mol. The fraction of sp³-hybridized carbons (Fsp3) is 0.643. The zero-order valence-electron chi connectivity index (χ0n) is 13.4. The smallest absolute Gasteiger partial charge is 0.332 e. The average Bonchev–Trinajstić information content (AvgIpc) is 2.83. The van der Waals surface area contributed by atoms with Crippen LogP contribution in [-0.4, -0.2) is 25.6 Å². The van der Waals surface area contributed by atoms with Gasteiger partial charge in [0.05, 0.1) is 0 Å². The van der Waals surface area contributed by atoms with E-state index in [2.05, 4.69) is 43.0 Å². The molecule has 116 valence electrons. The van der Waals surface area contributed by atoms with Gasteiger partial charge in [0.2, 0.25) is 5.95 Å². The molecule has 0 amide bonds. The summed E-state index contributed by atoms with van der Waals surface area (Å²) in [6.07, 6.45) is 0. The molecule has 7 heteroatoms. The minimum atomic E-state index is -0.381. The maximum atomic E-state index is 12.1. The first-order chi connectivity index (χ1) is 9.62. The SMILES string of the molecule is CC(CNc1nc2c([nH]1)c(=O)n(C)c(=O)n2C)C(C)(C)C. The molecule has 1 unspecified atom stereocenters. The highest BCUT2D eigenvalue weighted by molar-refractivity contribution is 5.72. The molecular formula is C14H23N5O2. The van der Waals surface area contributed by atoms with Crippen LogP contribution in [-0.2, 0) is 14.1 Å². The van der Waals surface area contributed by atoms with E-state index in [0.717, 1.165) is 11.1 Å². The highest BCUT2D eigenvalue weighted by Crippen LogP contribution is 2.25. The lowest BCUT2D eigenvalue weighted by molar-refractivity contribution is 0.274. The first-order valence-corrected chi connectivity index (χ1v) is 7.02. The summed E-state index contributed by atoms with van der Waals surface area (Å²) in [5.41, 5.74) is 0.146. The number of nitrogens with zero attached hydrogens (tertiary/aromatic N) is 3. The highest BCUT2D eigenvalue weighted by atomic mass is 16.2. The van der Waals surface area contributed by atoms with Gasteiger partial charge in [0, 0.05) is 20.6 Å². The van der Waals surface area contributed by atoms with Gasteiger partial charge in [0.1, 0.15) is 0 Å². The van der Waals surface area contributed by atoms with Gasteiger partial charge in [0.15, 0.2) is 11.2 Å². The number of aromatic amines is 1. The molecule has 2 N–H and O–H groups in total. The zero-order valence-corrected chi connectivity index (χ0v) is 13.4. The van der Waals surface area contributed by atoms with Crippen molar-refractivity contribution < 1.29 is 0 Å². The van der Waals surface area contributed by atoms with E-state index in [9.17, 15) is 9.59 Å². The number of aryl methyl sites for hydroxylation is 1. The van der Waals surface area contributed by atoms with Crippen LogP contribution in [0.1, 0.15) is 27.7 Å². The van der Waals surface area contributed by atoms with E-state index in [-0.39, 0.29) is 16.7 Å². The van der Waals surface area contributed by atoms with Crippen LogP contribution < -0.4 is 16.6 Å². The molecule has 2 aromatic heterocycles. The van der Waals surface area contributed by atoms with E-state index in [4.69, 9.17) is 0 Å². The van der Waals surface area contributed by atoms with Crippen molar-refractivity contribution in [2.75, 3.05) is 11.9 Å². The highest BCUT2D eigenvalue weighted by Gasteiger charge is 2.20. The Bertz CT molecular complexity index is 775. The maximum Gasteiger partial charge on any atom is 0.332 e. The fourth-order valence-corrected chi connectivity index (χ4v) is 1.97. The van der Waals surface area contributed by atoms with Gasteiger partial charge in [-0.3, -0.25) is 13.9 Å². The van der Waals surface area contributed by atoms with Crippen LogP contribution in [0.4, 0.5) is 5.95 Å². The number of aromatic nitrogens is 4. The van der Waals surface area contributed by atoms with E-state index >= 15 is 0 Å². The number of hydrogen-bond donors (Lipinski definition) is 2. The van der Waals surface area contributed by atoms with Gasteiger partial charge in [-0.1, -0.05) is 27.7 Å². The topological polar surface area (TPSA) is 84.7 Å². The summed E-state index contributed by atoms with van der Waals surface area (Å²) < 4.78 is 2.44. The molecule has 0 spiro atoms. The lowest BCUT2D eigenvalue weighted by Gasteiger charge is -2.27. The minimum absolute atomic E-state index is 0.183. The van der Waals surface area contributed by atoms with Crippen molar-refractivity contribution in [3.8, 4) is 0 Å². The predicted molar refractivity (Wildman–Crippen MR) is 83.7 cm³/mol. The van der Waals surface area contributed by atoms with Gasteiger partial charge < -0.3 is 10.3 Å². The van der Waals surface area contributed by atoms with Crippen LogP contribution in [0.15, 0.2) is 9.59 Å². The lowest BCUT2D eigenvalue weighted by Crippen LogP contribution is -2.36. The van der Waals surface area contributed by atoms with E-state index < -0.39 is 0 Å². The number of imidazole rings is 1.